The van der Waals surface area contributed by atoms with Crippen molar-refractivity contribution in [3.8, 4) is 22.9 Å². The molecule has 1 saturated heterocycles. The number of carbonyl (C=O) groups excluding carboxylic acids is 2. The number of aromatic nitrogens is 3. The lowest BCUT2D eigenvalue weighted by molar-refractivity contribution is 0.0192. The summed E-state index contributed by atoms with van der Waals surface area (Å²) < 4.78 is 21.5. The van der Waals surface area contributed by atoms with Gasteiger partial charge in [-0.05, 0) is 91.3 Å². The number of fused-ring (bicyclic) bond motifs is 4. The van der Waals surface area contributed by atoms with Crippen LogP contribution in [0.4, 0.5) is 11.4 Å². The monoisotopic (exact) mass is 800 g/mol. The van der Waals surface area contributed by atoms with Crippen LogP contribution in [0.15, 0.2) is 91.4 Å². The molecule has 0 unspecified atom stereocenters. The van der Waals surface area contributed by atoms with Gasteiger partial charge in [0.05, 0.1) is 41.9 Å². The molecule has 0 bridgehead atoms. The molecule has 1 fully saturated rings. The van der Waals surface area contributed by atoms with Crippen molar-refractivity contribution in [2.45, 2.75) is 44.7 Å². The van der Waals surface area contributed by atoms with Gasteiger partial charge in [0.15, 0.2) is 11.5 Å². The number of aryl methyl sites for hydroxylation is 1. The number of carbonyl (C=O) groups is 2. The quantitative estimate of drug-likeness (QED) is 0.184. The van der Waals surface area contributed by atoms with Gasteiger partial charge in [0, 0.05) is 74.5 Å². The molecule has 0 radical (unpaired) electrons. The number of hydrogen-bond acceptors (Lipinski definition) is 8. The Labute approximate surface area is 342 Å². The molecule has 6 heterocycles. The SMILES string of the molecule is Cl.Cn1ccc2cc(N(C(=O)c3cn(-c4cc5c(cc4C(=O)N4Cc6ccccc6C[C@H]4CN4CCOCC4)OCO5)c4c3CCCC4)c3ccc(O)cc3)cnc21. The highest BCUT2D eigenvalue weighted by molar-refractivity contribution is 6.12. The van der Waals surface area contributed by atoms with Crippen LogP contribution in [-0.4, -0.2) is 86.5 Å². The highest BCUT2D eigenvalue weighted by atomic mass is 35.5. The maximum absolute atomic E-state index is 15.2. The average Bonchev–Trinajstić information content (AvgIpc) is 3.97. The van der Waals surface area contributed by atoms with Crippen LogP contribution in [0.1, 0.15) is 55.9 Å². The van der Waals surface area contributed by atoms with Crippen molar-refractivity contribution in [3.05, 3.63) is 125 Å². The van der Waals surface area contributed by atoms with Gasteiger partial charge >= 0.3 is 0 Å². The molecular weight excluding hydrogens is 756 g/mol. The standard InChI is InChI=1S/C45H44N6O6.ClH/c1-47-15-14-30-21-33(24-46-43(30)47)51(32-10-12-35(52)13-11-32)45(54)38-27-50(39-9-5-4-8-36(38)39)40-23-42-41(56-28-57-42)22-37(40)44(53)49-25-31-7-3-2-6-29(31)20-34(49)26-48-16-18-55-19-17-48;/h2-3,6-7,10-15,21-24,27,34,52H,4-5,8-9,16-20,25-26,28H2,1H3;1H/t34-;/m0./s1. The van der Waals surface area contributed by atoms with Crippen LogP contribution in [-0.2, 0) is 37.6 Å². The minimum absolute atomic E-state index is 0. The van der Waals surface area contributed by atoms with E-state index in [2.05, 4.69) is 27.7 Å². The number of rotatable bonds is 7. The van der Waals surface area contributed by atoms with Crippen LogP contribution in [0.25, 0.3) is 16.7 Å². The molecule has 0 saturated carbocycles. The predicted molar refractivity (Wildman–Crippen MR) is 222 cm³/mol. The van der Waals surface area contributed by atoms with Gasteiger partial charge in [0.2, 0.25) is 6.79 Å². The Morgan fingerprint density at radius 1 is 0.897 bits per heavy atom. The van der Waals surface area contributed by atoms with Crippen molar-refractivity contribution >= 4 is 46.6 Å². The number of amides is 2. The molecule has 58 heavy (non-hydrogen) atoms. The van der Waals surface area contributed by atoms with Crippen LogP contribution < -0.4 is 14.4 Å². The van der Waals surface area contributed by atoms with E-state index in [-0.39, 0.29) is 42.8 Å². The summed E-state index contributed by atoms with van der Waals surface area (Å²) >= 11 is 0. The number of nitrogens with zero attached hydrogens (tertiary/aromatic N) is 6. The van der Waals surface area contributed by atoms with Gasteiger partial charge in [0.1, 0.15) is 11.4 Å². The van der Waals surface area contributed by atoms with Crippen molar-refractivity contribution in [3.63, 3.8) is 0 Å². The summed E-state index contributed by atoms with van der Waals surface area (Å²) in [5.41, 5.74) is 8.13. The fraction of sp³-hybridized carbons (Fsp3) is 0.311. The Hall–Kier alpha value is -5.82. The normalized spacial score (nSPS) is 17.4. The number of morpholine rings is 1. The highest BCUT2D eigenvalue weighted by Gasteiger charge is 2.36. The molecule has 4 aliphatic rings. The fourth-order valence-corrected chi connectivity index (χ4v) is 9.03. The molecule has 6 aromatic rings. The van der Waals surface area contributed by atoms with E-state index < -0.39 is 0 Å². The third kappa shape index (κ3) is 6.74. The molecule has 12 nitrogen and oxygen atoms in total. The molecule has 298 valence electrons. The Morgan fingerprint density at radius 2 is 1.66 bits per heavy atom. The van der Waals surface area contributed by atoms with Crippen LogP contribution >= 0.6 is 12.4 Å². The summed E-state index contributed by atoms with van der Waals surface area (Å²) in [4.78, 5) is 41.2. The van der Waals surface area contributed by atoms with Gasteiger partial charge < -0.3 is 33.4 Å². The average molecular weight is 801 g/mol. The molecule has 0 spiro atoms. The summed E-state index contributed by atoms with van der Waals surface area (Å²) in [6, 6.07) is 22.7. The van der Waals surface area contributed by atoms with Gasteiger partial charge in [-0.25, -0.2) is 4.98 Å². The Bertz CT molecular complexity index is 2530. The second-order valence-corrected chi connectivity index (χ2v) is 15.4. The second kappa shape index (κ2) is 15.5. The van der Waals surface area contributed by atoms with E-state index in [4.69, 9.17) is 19.2 Å². The number of hydrogen-bond donors (Lipinski definition) is 1. The first-order valence-electron chi connectivity index (χ1n) is 19.8. The summed E-state index contributed by atoms with van der Waals surface area (Å²) in [5.74, 6) is 0.894. The predicted octanol–water partition coefficient (Wildman–Crippen LogP) is 6.98. The highest BCUT2D eigenvalue weighted by Crippen LogP contribution is 2.41. The molecule has 13 heteroatoms. The van der Waals surface area contributed by atoms with E-state index in [0.29, 0.717) is 59.4 Å². The van der Waals surface area contributed by atoms with E-state index in [1.165, 1.54) is 5.56 Å². The molecule has 3 aromatic heterocycles. The number of aromatic hydroxyl groups is 1. The lowest BCUT2D eigenvalue weighted by Gasteiger charge is -2.40. The van der Waals surface area contributed by atoms with Gasteiger partial charge in [-0.15, -0.1) is 12.4 Å². The molecular formula is C45H45ClN6O6. The van der Waals surface area contributed by atoms with Gasteiger partial charge in [-0.2, -0.15) is 0 Å². The van der Waals surface area contributed by atoms with Gasteiger partial charge in [-0.3, -0.25) is 19.4 Å². The van der Waals surface area contributed by atoms with Crippen molar-refractivity contribution in [2.75, 3.05) is 44.5 Å². The third-order valence-corrected chi connectivity index (χ3v) is 12.0. The molecule has 1 atom stereocenters. The van der Waals surface area contributed by atoms with Crippen LogP contribution in [0.5, 0.6) is 17.2 Å². The van der Waals surface area contributed by atoms with E-state index in [1.807, 2.05) is 59.2 Å². The van der Waals surface area contributed by atoms with Crippen molar-refractivity contribution in [2.24, 2.45) is 7.05 Å². The molecule has 1 N–H and O–H groups in total. The Balaban J connectivity index is 0.00000436. The van der Waals surface area contributed by atoms with Crippen molar-refractivity contribution in [1.82, 2.24) is 23.9 Å². The molecule has 3 aromatic carbocycles. The number of pyridine rings is 1. The van der Waals surface area contributed by atoms with Gasteiger partial charge in [0.25, 0.3) is 11.8 Å². The fourth-order valence-electron chi connectivity index (χ4n) is 9.03. The third-order valence-electron chi connectivity index (χ3n) is 12.0. The van der Waals surface area contributed by atoms with Crippen LogP contribution in [0, 0.1) is 0 Å². The van der Waals surface area contributed by atoms with E-state index in [1.54, 1.807) is 35.4 Å². The molecule has 2 amide bonds. The number of phenolic OH excluding ortho intramolecular Hbond substituents is 1. The van der Waals surface area contributed by atoms with Crippen molar-refractivity contribution in [1.29, 1.82) is 0 Å². The number of benzene rings is 3. The summed E-state index contributed by atoms with van der Waals surface area (Å²) in [7, 11) is 1.94. The van der Waals surface area contributed by atoms with Crippen LogP contribution in [0.2, 0.25) is 0 Å². The zero-order valence-corrected chi connectivity index (χ0v) is 33.1. The number of ether oxygens (including phenoxy) is 3. The zero-order chi connectivity index (χ0) is 38.6. The van der Waals surface area contributed by atoms with E-state index >= 15 is 9.59 Å². The lowest BCUT2D eigenvalue weighted by Crippen LogP contribution is -2.52. The molecule has 1 aliphatic carbocycles. The minimum Gasteiger partial charge on any atom is -0.508 e. The smallest absolute Gasteiger partial charge is 0.264 e. The minimum atomic E-state index is -0.221. The first-order valence-corrected chi connectivity index (χ1v) is 19.8. The zero-order valence-electron chi connectivity index (χ0n) is 32.3. The number of halogens is 1. The van der Waals surface area contributed by atoms with Crippen LogP contribution in [0.3, 0.4) is 0 Å². The first-order chi connectivity index (χ1) is 27.9. The molecule has 10 rings (SSSR count). The Kier molecular flexibility index (Phi) is 10.1. The van der Waals surface area contributed by atoms with Crippen molar-refractivity contribution < 1.29 is 28.9 Å². The largest absolute Gasteiger partial charge is 0.508 e. The Morgan fingerprint density at radius 3 is 2.47 bits per heavy atom. The van der Waals surface area contributed by atoms with E-state index in [9.17, 15) is 5.11 Å². The number of phenols is 1. The molecule has 3 aliphatic heterocycles. The van der Waals surface area contributed by atoms with Gasteiger partial charge in [-0.1, -0.05) is 24.3 Å². The lowest BCUT2D eigenvalue weighted by atomic mass is 9.92. The topological polar surface area (TPSA) is 115 Å². The summed E-state index contributed by atoms with van der Waals surface area (Å²) in [6.07, 6.45) is 9.70. The summed E-state index contributed by atoms with van der Waals surface area (Å²) in [5, 5.41) is 11.1. The maximum Gasteiger partial charge on any atom is 0.264 e. The second-order valence-electron chi connectivity index (χ2n) is 15.4. The number of anilines is 2. The summed E-state index contributed by atoms with van der Waals surface area (Å²) in [6.45, 7) is 4.34. The maximum atomic E-state index is 15.2. The van der Waals surface area contributed by atoms with E-state index in [0.717, 1.165) is 79.6 Å². The first kappa shape index (κ1) is 37.7.